The molecule has 1 aromatic carbocycles. The number of pyridine rings is 2. The number of nitrogens with zero attached hydrogens (tertiary/aromatic N) is 4. The molecule has 6 nitrogen and oxygen atoms in total. The molecular formula is C22H21N5O. The summed E-state index contributed by atoms with van der Waals surface area (Å²) in [6, 6.07) is 13.6. The van der Waals surface area contributed by atoms with E-state index in [-0.39, 0.29) is 5.91 Å². The Bertz CT molecular complexity index is 1210. The topological polar surface area (TPSA) is 72.7 Å². The Labute approximate surface area is 163 Å². The van der Waals surface area contributed by atoms with Crippen molar-refractivity contribution >= 4 is 22.6 Å². The minimum Gasteiger partial charge on any atom is -0.320 e. The first-order valence-corrected chi connectivity index (χ1v) is 9.08. The number of carbonyl (C=O) groups excluding carboxylic acids is 1. The smallest absolute Gasteiger partial charge is 0.273 e. The molecule has 4 aromatic rings. The fraction of sp³-hybridized carbons (Fsp3) is 0.182. The normalized spacial score (nSPS) is 11.0. The maximum atomic E-state index is 12.4. The van der Waals surface area contributed by atoms with Crippen LogP contribution in [-0.4, -0.2) is 25.7 Å². The van der Waals surface area contributed by atoms with Crippen molar-refractivity contribution in [3.8, 4) is 11.3 Å². The van der Waals surface area contributed by atoms with Crippen LogP contribution in [0.4, 0.5) is 5.69 Å². The van der Waals surface area contributed by atoms with Crippen LogP contribution in [0.25, 0.3) is 22.3 Å². The SMILES string of the molecule is Cc1cc(C)c2nc(-c3ccc(NC(=O)c4ccnn4C)c(C)c3)ccc2n1. The van der Waals surface area contributed by atoms with E-state index in [1.807, 2.05) is 50.2 Å². The second-order valence-corrected chi connectivity index (χ2v) is 6.97. The summed E-state index contributed by atoms with van der Waals surface area (Å²) in [4.78, 5) is 21.8. The van der Waals surface area contributed by atoms with E-state index >= 15 is 0 Å². The molecule has 0 fully saturated rings. The van der Waals surface area contributed by atoms with Gasteiger partial charge in [-0.2, -0.15) is 5.10 Å². The number of hydrogen-bond donors (Lipinski definition) is 1. The van der Waals surface area contributed by atoms with Gasteiger partial charge in [0, 0.05) is 30.2 Å². The predicted molar refractivity (Wildman–Crippen MR) is 110 cm³/mol. The average Bonchev–Trinajstić information content (AvgIpc) is 3.09. The fourth-order valence-corrected chi connectivity index (χ4v) is 3.34. The summed E-state index contributed by atoms with van der Waals surface area (Å²) >= 11 is 0. The zero-order valence-corrected chi connectivity index (χ0v) is 16.3. The lowest BCUT2D eigenvalue weighted by atomic mass is 10.1. The summed E-state index contributed by atoms with van der Waals surface area (Å²) in [6.45, 7) is 6.01. The Balaban J connectivity index is 1.65. The number of aromatic nitrogens is 4. The Kier molecular flexibility index (Phi) is 4.39. The maximum absolute atomic E-state index is 12.4. The minimum atomic E-state index is -0.184. The van der Waals surface area contributed by atoms with Crippen molar-refractivity contribution < 1.29 is 4.79 Å². The largest absolute Gasteiger partial charge is 0.320 e. The van der Waals surface area contributed by atoms with E-state index < -0.39 is 0 Å². The molecule has 0 aliphatic rings. The third kappa shape index (κ3) is 3.24. The van der Waals surface area contributed by atoms with Crippen LogP contribution < -0.4 is 5.32 Å². The molecule has 0 saturated heterocycles. The molecule has 1 amide bonds. The molecular weight excluding hydrogens is 350 g/mol. The first-order valence-electron chi connectivity index (χ1n) is 9.08. The van der Waals surface area contributed by atoms with Crippen LogP contribution in [0.5, 0.6) is 0 Å². The third-order valence-corrected chi connectivity index (χ3v) is 4.79. The Morgan fingerprint density at radius 2 is 1.79 bits per heavy atom. The molecule has 6 heteroatoms. The van der Waals surface area contributed by atoms with Gasteiger partial charge < -0.3 is 5.32 Å². The molecule has 0 aliphatic heterocycles. The zero-order chi connectivity index (χ0) is 19.8. The first-order chi connectivity index (χ1) is 13.4. The molecule has 0 unspecified atom stereocenters. The molecule has 0 atom stereocenters. The van der Waals surface area contributed by atoms with E-state index in [0.29, 0.717) is 5.69 Å². The van der Waals surface area contributed by atoms with Crippen LogP contribution >= 0.6 is 0 Å². The van der Waals surface area contributed by atoms with Crippen LogP contribution in [0.2, 0.25) is 0 Å². The van der Waals surface area contributed by atoms with Gasteiger partial charge in [-0.25, -0.2) is 4.98 Å². The number of benzene rings is 1. The van der Waals surface area contributed by atoms with Crippen LogP contribution in [0, 0.1) is 20.8 Å². The first kappa shape index (κ1) is 17.9. The third-order valence-electron chi connectivity index (χ3n) is 4.79. The highest BCUT2D eigenvalue weighted by atomic mass is 16.2. The van der Waals surface area contributed by atoms with Gasteiger partial charge in [-0.15, -0.1) is 0 Å². The monoisotopic (exact) mass is 371 g/mol. The van der Waals surface area contributed by atoms with E-state index in [2.05, 4.69) is 22.3 Å². The van der Waals surface area contributed by atoms with Crippen molar-refractivity contribution in [1.82, 2.24) is 19.7 Å². The van der Waals surface area contributed by atoms with Crippen LogP contribution in [-0.2, 0) is 7.05 Å². The van der Waals surface area contributed by atoms with E-state index in [1.165, 1.54) is 0 Å². The number of nitrogens with one attached hydrogen (secondary N) is 1. The highest BCUT2D eigenvalue weighted by molar-refractivity contribution is 6.03. The molecule has 0 radical (unpaired) electrons. The van der Waals surface area contributed by atoms with E-state index in [9.17, 15) is 4.79 Å². The number of carbonyl (C=O) groups is 1. The lowest BCUT2D eigenvalue weighted by Crippen LogP contribution is -2.16. The summed E-state index contributed by atoms with van der Waals surface area (Å²) in [6.07, 6.45) is 1.61. The van der Waals surface area contributed by atoms with Gasteiger partial charge in [0.2, 0.25) is 0 Å². The van der Waals surface area contributed by atoms with Crippen molar-refractivity contribution in [3.63, 3.8) is 0 Å². The Morgan fingerprint density at radius 1 is 0.964 bits per heavy atom. The number of amides is 1. The summed E-state index contributed by atoms with van der Waals surface area (Å²) in [5.74, 6) is -0.184. The van der Waals surface area contributed by atoms with Crippen LogP contribution in [0.3, 0.4) is 0 Å². The quantitative estimate of drug-likeness (QED) is 0.585. The zero-order valence-electron chi connectivity index (χ0n) is 16.3. The van der Waals surface area contributed by atoms with Crippen LogP contribution in [0.15, 0.2) is 48.7 Å². The van der Waals surface area contributed by atoms with Gasteiger partial charge >= 0.3 is 0 Å². The lowest BCUT2D eigenvalue weighted by molar-refractivity contribution is 0.101. The fourth-order valence-electron chi connectivity index (χ4n) is 3.34. The molecule has 3 aromatic heterocycles. The molecule has 140 valence electrons. The van der Waals surface area contributed by atoms with Gasteiger partial charge in [-0.1, -0.05) is 6.07 Å². The highest BCUT2D eigenvalue weighted by Crippen LogP contribution is 2.26. The summed E-state index contributed by atoms with van der Waals surface area (Å²) in [5.41, 5.74) is 8.04. The van der Waals surface area contributed by atoms with Crippen molar-refractivity contribution in [1.29, 1.82) is 0 Å². The van der Waals surface area contributed by atoms with E-state index in [0.717, 1.165) is 44.8 Å². The molecule has 4 rings (SSSR count). The number of hydrogen-bond acceptors (Lipinski definition) is 4. The summed E-state index contributed by atoms with van der Waals surface area (Å²) in [7, 11) is 1.74. The Hall–Kier alpha value is -3.54. The minimum absolute atomic E-state index is 0.184. The maximum Gasteiger partial charge on any atom is 0.273 e. The number of anilines is 1. The molecule has 3 heterocycles. The number of rotatable bonds is 3. The molecule has 1 N–H and O–H groups in total. The van der Waals surface area contributed by atoms with E-state index in [1.54, 1.807) is 24.0 Å². The number of fused-ring (bicyclic) bond motifs is 1. The van der Waals surface area contributed by atoms with Gasteiger partial charge in [-0.05, 0) is 68.3 Å². The molecule has 0 saturated carbocycles. The highest BCUT2D eigenvalue weighted by Gasteiger charge is 2.12. The standard InChI is InChI=1S/C22H21N5O/c1-13-12-16(5-6-17(13)26-22(28)20-9-10-23-27(20)4)18-7-8-19-21(25-18)14(2)11-15(3)24-19/h5-12H,1-4H3,(H,26,28). The molecule has 0 spiro atoms. The number of aryl methyl sites for hydroxylation is 4. The van der Waals surface area contributed by atoms with Crippen molar-refractivity contribution in [2.24, 2.45) is 7.05 Å². The Morgan fingerprint density at radius 3 is 2.50 bits per heavy atom. The van der Waals surface area contributed by atoms with Crippen molar-refractivity contribution in [3.05, 3.63) is 71.2 Å². The van der Waals surface area contributed by atoms with Gasteiger partial charge in [0.05, 0.1) is 16.7 Å². The molecule has 28 heavy (non-hydrogen) atoms. The van der Waals surface area contributed by atoms with Gasteiger partial charge in [0.1, 0.15) is 5.69 Å². The second-order valence-electron chi connectivity index (χ2n) is 6.97. The van der Waals surface area contributed by atoms with Crippen LogP contribution in [0.1, 0.15) is 27.3 Å². The summed E-state index contributed by atoms with van der Waals surface area (Å²) < 4.78 is 1.55. The van der Waals surface area contributed by atoms with Gasteiger partial charge in [0.15, 0.2) is 0 Å². The van der Waals surface area contributed by atoms with Crippen molar-refractivity contribution in [2.45, 2.75) is 20.8 Å². The van der Waals surface area contributed by atoms with E-state index in [4.69, 9.17) is 4.98 Å². The predicted octanol–water partition coefficient (Wildman–Crippen LogP) is 4.21. The lowest BCUT2D eigenvalue weighted by Gasteiger charge is -2.11. The average molecular weight is 371 g/mol. The molecule has 0 aliphatic carbocycles. The van der Waals surface area contributed by atoms with Gasteiger partial charge in [-0.3, -0.25) is 14.5 Å². The second kappa shape index (κ2) is 6.88. The summed E-state index contributed by atoms with van der Waals surface area (Å²) in [5, 5.41) is 6.98. The molecule has 0 bridgehead atoms. The van der Waals surface area contributed by atoms with Gasteiger partial charge in [0.25, 0.3) is 5.91 Å². The van der Waals surface area contributed by atoms with Crippen molar-refractivity contribution in [2.75, 3.05) is 5.32 Å².